The SMILES string of the molecule is CCCc1nc(SCC2=C(C(=O)OCC)C(c3ccc(Cl)cc3)NC(=O)N2)n[nH]1. The summed E-state index contributed by atoms with van der Waals surface area (Å²) >= 11 is 7.31. The van der Waals surface area contributed by atoms with Crippen molar-refractivity contribution < 1.29 is 14.3 Å². The van der Waals surface area contributed by atoms with E-state index < -0.39 is 18.0 Å². The van der Waals surface area contributed by atoms with Gasteiger partial charge in [-0.15, -0.1) is 5.10 Å². The summed E-state index contributed by atoms with van der Waals surface area (Å²) in [5, 5.41) is 13.7. The number of urea groups is 1. The highest BCUT2D eigenvalue weighted by Gasteiger charge is 2.33. The molecular formula is C19H22ClN5O3S. The first-order chi connectivity index (χ1) is 14.0. The molecule has 1 aromatic heterocycles. The molecule has 3 rings (SSSR count). The van der Waals surface area contributed by atoms with E-state index in [2.05, 4.69) is 32.7 Å². The van der Waals surface area contributed by atoms with Crippen LogP contribution in [0.1, 0.15) is 37.7 Å². The fraction of sp³-hybridized carbons (Fsp3) is 0.368. The topological polar surface area (TPSA) is 109 Å². The largest absolute Gasteiger partial charge is 0.463 e. The number of ether oxygens (including phenoxy) is 1. The molecule has 1 atom stereocenters. The van der Waals surface area contributed by atoms with E-state index in [0.717, 1.165) is 24.2 Å². The highest BCUT2D eigenvalue weighted by molar-refractivity contribution is 7.99. The zero-order valence-electron chi connectivity index (χ0n) is 16.1. The Bertz CT molecular complexity index is 913. The molecule has 0 spiro atoms. The lowest BCUT2D eigenvalue weighted by Gasteiger charge is -2.29. The molecule has 2 aromatic rings. The molecule has 1 unspecified atom stereocenters. The molecule has 8 nitrogen and oxygen atoms in total. The van der Waals surface area contributed by atoms with Gasteiger partial charge in [0, 0.05) is 22.9 Å². The molecule has 10 heteroatoms. The van der Waals surface area contributed by atoms with Crippen molar-refractivity contribution in [2.24, 2.45) is 0 Å². The van der Waals surface area contributed by atoms with Gasteiger partial charge in [0.25, 0.3) is 0 Å². The number of H-pyrrole nitrogens is 1. The van der Waals surface area contributed by atoms with Crippen LogP contribution in [0.25, 0.3) is 0 Å². The number of aryl methyl sites for hydroxylation is 1. The molecule has 3 N–H and O–H groups in total. The predicted molar refractivity (Wildman–Crippen MR) is 111 cm³/mol. The fourth-order valence-electron chi connectivity index (χ4n) is 2.91. The van der Waals surface area contributed by atoms with Crippen LogP contribution < -0.4 is 10.6 Å². The van der Waals surface area contributed by atoms with Gasteiger partial charge >= 0.3 is 12.0 Å². The Morgan fingerprint density at radius 2 is 2.03 bits per heavy atom. The van der Waals surface area contributed by atoms with Gasteiger partial charge < -0.3 is 15.4 Å². The van der Waals surface area contributed by atoms with Gasteiger partial charge in [0.2, 0.25) is 5.16 Å². The molecule has 0 saturated carbocycles. The molecule has 29 heavy (non-hydrogen) atoms. The van der Waals surface area contributed by atoms with Gasteiger partial charge in [-0.1, -0.05) is 42.4 Å². The average molecular weight is 436 g/mol. The normalized spacial score (nSPS) is 16.4. The number of benzene rings is 1. The summed E-state index contributed by atoms with van der Waals surface area (Å²) in [7, 11) is 0. The van der Waals surface area contributed by atoms with Crippen molar-refractivity contribution in [2.45, 2.75) is 37.9 Å². The number of nitrogens with one attached hydrogen (secondary N) is 3. The predicted octanol–water partition coefficient (Wildman–Crippen LogP) is 3.37. The van der Waals surface area contributed by atoms with Crippen molar-refractivity contribution >= 4 is 35.4 Å². The first-order valence-corrected chi connectivity index (χ1v) is 10.6. The van der Waals surface area contributed by atoms with Crippen LogP contribution in [0.2, 0.25) is 5.02 Å². The monoisotopic (exact) mass is 435 g/mol. The maximum atomic E-state index is 12.7. The molecule has 0 bridgehead atoms. The van der Waals surface area contributed by atoms with Gasteiger partial charge in [-0.2, -0.15) is 0 Å². The van der Waals surface area contributed by atoms with E-state index >= 15 is 0 Å². The molecule has 1 aliphatic rings. The molecular weight excluding hydrogens is 414 g/mol. The Hall–Kier alpha value is -2.52. The van der Waals surface area contributed by atoms with Gasteiger partial charge in [-0.3, -0.25) is 5.10 Å². The number of carbonyl (C=O) groups excluding carboxylic acids is 2. The van der Waals surface area contributed by atoms with Gasteiger partial charge in [0.05, 0.1) is 18.2 Å². The number of hydrogen-bond donors (Lipinski definition) is 3. The highest BCUT2D eigenvalue weighted by atomic mass is 35.5. The average Bonchev–Trinajstić information content (AvgIpc) is 3.14. The Labute approximate surface area is 177 Å². The van der Waals surface area contributed by atoms with Gasteiger partial charge in [0.15, 0.2) is 0 Å². The van der Waals surface area contributed by atoms with Crippen LogP contribution in [0.4, 0.5) is 4.79 Å². The number of carbonyl (C=O) groups is 2. The summed E-state index contributed by atoms with van der Waals surface area (Å²) in [5.74, 6) is 0.634. The smallest absolute Gasteiger partial charge is 0.338 e. The van der Waals surface area contributed by atoms with Crippen LogP contribution in [0.15, 0.2) is 40.7 Å². The fourth-order valence-corrected chi connectivity index (χ4v) is 3.83. The Balaban J connectivity index is 1.90. The van der Waals surface area contributed by atoms with Crippen molar-refractivity contribution in [2.75, 3.05) is 12.4 Å². The van der Waals surface area contributed by atoms with E-state index in [9.17, 15) is 9.59 Å². The first-order valence-electron chi connectivity index (χ1n) is 9.29. The maximum Gasteiger partial charge on any atom is 0.338 e. The Morgan fingerprint density at radius 3 is 2.72 bits per heavy atom. The van der Waals surface area contributed by atoms with Gasteiger partial charge in [0.1, 0.15) is 5.82 Å². The number of amides is 2. The Morgan fingerprint density at radius 1 is 1.28 bits per heavy atom. The number of aromatic nitrogens is 3. The minimum atomic E-state index is -0.640. The minimum absolute atomic E-state index is 0.228. The van der Waals surface area contributed by atoms with Crippen LogP contribution in [0.5, 0.6) is 0 Å². The molecule has 0 fully saturated rings. The number of rotatable bonds is 8. The number of thioether (sulfide) groups is 1. The third-order valence-corrected chi connectivity index (χ3v) is 5.32. The minimum Gasteiger partial charge on any atom is -0.463 e. The molecule has 154 valence electrons. The van der Waals surface area contributed by atoms with Crippen LogP contribution in [0.3, 0.4) is 0 Å². The van der Waals surface area contributed by atoms with Crippen molar-refractivity contribution in [3.63, 3.8) is 0 Å². The Kier molecular flexibility index (Phi) is 7.16. The van der Waals surface area contributed by atoms with Gasteiger partial charge in [-0.05, 0) is 31.0 Å². The van der Waals surface area contributed by atoms with E-state index in [-0.39, 0.29) is 6.61 Å². The summed E-state index contributed by atoms with van der Waals surface area (Å²) < 4.78 is 5.25. The van der Waals surface area contributed by atoms with E-state index in [1.54, 1.807) is 31.2 Å². The molecule has 1 aromatic carbocycles. The van der Waals surface area contributed by atoms with Crippen molar-refractivity contribution in [1.29, 1.82) is 0 Å². The lowest BCUT2D eigenvalue weighted by atomic mass is 9.95. The molecule has 2 amide bonds. The molecule has 0 aliphatic carbocycles. The lowest BCUT2D eigenvalue weighted by Crippen LogP contribution is -2.46. The third kappa shape index (κ3) is 5.30. The zero-order valence-corrected chi connectivity index (χ0v) is 17.7. The van der Waals surface area contributed by atoms with Crippen LogP contribution in [-0.2, 0) is 16.0 Å². The summed E-state index contributed by atoms with van der Waals surface area (Å²) in [4.78, 5) is 29.4. The van der Waals surface area contributed by atoms with E-state index in [4.69, 9.17) is 16.3 Å². The summed E-state index contributed by atoms with van der Waals surface area (Å²) in [5.41, 5.74) is 1.56. The number of halogens is 1. The van der Waals surface area contributed by atoms with Crippen LogP contribution in [-0.4, -0.2) is 39.5 Å². The summed E-state index contributed by atoms with van der Waals surface area (Å²) in [6.45, 7) is 4.03. The van der Waals surface area contributed by atoms with Crippen molar-refractivity contribution in [3.8, 4) is 0 Å². The summed E-state index contributed by atoms with van der Waals surface area (Å²) in [6, 6.07) is 5.94. The lowest BCUT2D eigenvalue weighted by molar-refractivity contribution is -0.139. The van der Waals surface area contributed by atoms with E-state index in [1.807, 2.05) is 0 Å². The van der Waals surface area contributed by atoms with Crippen molar-refractivity contribution in [3.05, 3.63) is 51.9 Å². The molecule has 1 aliphatic heterocycles. The quantitative estimate of drug-likeness (QED) is 0.433. The second-order valence-electron chi connectivity index (χ2n) is 6.30. The number of aromatic amines is 1. The number of hydrogen-bond acceptors (Lipinski definition) is 6. The number of nitrogens with zero attached hydrogens (tertiary/aromatic N) is 2. The first kappa shape index (κ1) is 21.2. The van der Waals surface area contributed by atoms with Crippen LogP contribution in [0, 0.1) is 0 Å². The molecule has 0 radical (unpaired) electrons. The van der Waals surface area contributed by atoms with E-state index in [0.29, 0.717) is 27.2 Å². The van der Waals surface area contributed by atoms with Crippen LogP contribution >= 0.6 is 23.4 Å². The van der Waals surface area contributed by atoms with Gasteiger partial charge in [-0.25, -0.2) is 14.6 Å². The summed E-state index contributed by atoms with van der Waals surface area (Å²) in [6.07, 6.45) is 1.77. The van der Waals surface area contributed by atoms with E-state index in [1.165, 1.54) is 11.8 Å². The van der Waals surface area contributed by atoms with Crippen molar-refractivity contribution in [1.82, 2.24) is 25.8 Å². The molecule has 0 saturated heterocycles. The zero-order chi connectivity index (χ0) is 20.8. The maximum absolute atomic E-state index is 12.7. The highest BCUT2D eigenvalue weighted by Crippen LogP contribution is 2.30. The molecule has 2 heterocycles. The standard InChI is InChI=1S/C19H22ClN5O3S/c1-3-5-14-22-19(25-24-14)29-10-13-15(17(26)28-4-2)16(23-18(27)21-13)11-6-8-12(20)9-7-11/h6-9,16H,3-5,10H2,1-2H3,(H2,21,23,27)(H,22,24,25). The second kappa shape index (κ2) is 9.80. The number of esters is 1. The second-order valence-corrected chi connectivity index (χ2v) is 7.68. The third-order valence-electron chi connectivity index (χ3n) is 4.20.